The minimum absolute atomic E-state index is 0.132. The molecule has 2 heterocycles. The van der Waals surface area contributed by atoms with Crippen LogP contribution in [-0.4, -0.2) is 30.8 Å². The molecule has 0 aromatic rings. The van der Waals surface area contributed by atoms with Crippen molar-refractivity contribution in [3.63, 3.8) is 0 Å². The molecule has 23 heavy (non-hydrogen) atoms. The van der Waals surface area contributed by atoms with Crippen molar-refractivity contribution >= 4 is 5.97 Å². The molecular weight excluding hydrogens is 292 g/mol. The molecule has 1 N–H and O–H groups in total. The van der Waals surface area contributed by atoms with Gasteiger partial charge in [-0.3, -0.25) is 0 Å². The fourth-order valence-electron chi connectivity index (χ4n) is 3.57. The Morgan fingerprint density at radius 1 is 1.35 bits per heavy atom. The van der Waals surface area contributed by atoms with Crippen LogP contribution in [-0.2, 0) is 14.3 Å². The molecule has 0 aromatic heterocycles. The second-order valence-corrected chi connectivity index (χ2v) is 6.35. The van der Waals surface area contributed by atoms with Crippen LogP contribution in [0.5, 0.6) is 0 Å². The molecule has 3 rings (SSSR count). The highest BCUT2D eigenvalue weighted by molar-refractivity contribution is 5.89. The van der Waals surface area contributed by atoms with Crippen molar-refractivity contribution in [2.45, 2.75) is 51.6 Å². The van der Waals surface area contributed by atoms with Crippen LogP contribution in [0.25, 0.3) is 0 Å². The number of hydrogen-bond donors (Lipinski definition) is 1. The van der Waals surface area contributed by atoms with Gasteiger partial charge >= 0.3 is 5.97 Å². The predicted octanol–water partition coefficient (Wildman–Crippen LogP) is 3.02. The van der Waals surface area contributed by atoms with Gasteiger partial charge in [0.25, 0.3) is 0 Å². The summed E-state index contributed by atoms with van der Waals surface area (Å²) in [6.07, 6.45) is 12.9. The lowest BCUT2D eigenvalue weighted by atomic mass is 9.90. The van der Waals surface area contributed by atoms with E-state index in [1.165, 1.54) is 39.2 Å². The van der Waals surface area contributed by atoms with Gasteiger partial charge in [-0.15, -0.1) is 0 Å². The summed E-state index contributed by atoms with van der Waals surface area (Å²) in [7, 11) is 1.42. The van der Waals surface area contributed by atoms with Gasteiger partial charge < -0.3 is 19.7 Å². The molecule has 3 aliphatic rings. The normalized spacial score (nSPS) is 24.2. The monoisotopic (exact) mass is 318 g/mol. The molecule has 1 atom stereocenters. The van der Waals surface area contributed by atoms with Gasteiger partial charge in [0.1, 0.15) is 11.5 Å². The molecule has 126 valence electrons. The highest BCUT2D eigenvalue weighted by atomic mass is 16.5. The zero-order chi connectivity index (χ0) is 16.2. The first-order chi connectivity index (χ1) is 11.2. The number of nitrogens with one attached hydrogen (secondary N) is 1. The summed E-state index contributed by atoms with van der Waals surface area (Å²) in [5, 5.41) is 3.41. The van der Waals surface area contributed by atoms with Crippen LogP contribution >= 0.6 is 0 Å². The number of rotatable bonds is 5. The second-order valence-electron chi connectivity index (χ2n) is 6.35. The van der Waals surface area contributed by atoms with Crippen LogP contribution in [0.15, 0.2) is 35.5 Å². The minimum Gasteiger partial charge on any atom is -0.493 e. The summed E-state index contributed by atoms with van der Waals surface area (Å²) in [5.74, 6) is 1.22. The maximum Gasteiger partial charge on any atom is 0.356 e. The van der Waals surface area contributed by atoms with Gasteiger partial charge in [-0.2, -0.15) is 0 Å². The van der Waals surface area contributed by atoms with Crippen molar-refractivity contribution in [2.75, 3.05) is 13.7 Å². The lowest BCUT2D eigenvalue weighted by Gasteiger charge is -2.30. The van der Waals surface area contributed by atoms with E-state index in [2.05, 4.69) is 5.32 Å². The molecule has 5 heteroatoms. The molecular formula is C18H26N2O3. The Labute approximate surface area is 138 Å². The summed E-state index contributed by atoms with van der Waals surface area (Å²) in [6.45, 7) is 2.79. The molecule has 1 fully saturated rings. The Bertz CT molecular complexity index is 544. The number of nitrogens with zero attached hydrogens (tertiary/aromatic N) is 1. The van der Waals surface area contributed by atoms with Crippen LogP contribution in [0.4, 0.5) is 0 Å². The number of fused-ring (bicyclic) bond motifs is 1. The van der Waals surface area contributed by atoms with Gasteiger partial charge in [0, 0.05) is 11.9 Å². The van der Waals surface area contributed by atoms with Gasteiger partial charge in [-0.05, 0) is 37.3 Å². The van der Waals surface area contributed by atoms with Crippen LogP contribution in [0.1, 0.15) is 45.4 Å². The van der Waals surface area contributed by atoms with Gasteiger partial charge in [0.15, 0.2) is 6.17 Å². The number of carbonyl (C=O) groups excluding carboxylic acids is 1. The van der Waals surface area contributed by atoms with E-state index in [-0.39, 0.29) is 12.1 Å². The molecule has 0 saturated heterocycles. The number of allylic oxidation sites excluding steroid dienone is 3. The van der Waals surface area contributed by atoms with Crippen molar-refractivity contribution in [3.8, 4) is 0 Å². The SMILES string of the molecule is CCC1=C(C(=O)OC)N2C=CC=C(OCC3CCCCC3)C2N1. The Morgan fingerprint density at radius 2 is 2.13 bits per heavy atom. The zero-order valence-electron chi connectivity index (χ0n) is 14.0. The average Bonchev–Trinajstić information content (AvgIpc) is 2.99. The first-order valence-electron chi connectivity index (χ1n) is 8.62. The molecule has 2 aliphatic heterocycles. The van der Waals surface area contributed by atoms with Crippen LogP contribution in [0.3, 0.4) is 0 Å². The van der Waals surface area contributed by atoms with Crippen LogP contribution in [0.2, 0.25) is 0 Å². The van der Waals surface area contributed by atoms with E-state index in [0.29, 0.717) is 11.6 Å². The predicted molar refractivity (Wildman–Crippen MR) is 87.8 cm³/mol. The second kappa shape index (κ2) is 7.11. The van der Waals surface area contributed by atoms with E-state index >= 15 is 0 Å². The summed E-state index contributed by atoms with van der Waals surface area (Å²) in [5.41, 5.74) is 1.49. The molecule has 1 aliphatic carbocycles. The molecule has 0 aromatic carbocycles. The van der Waals surface area contributed by atoms with Gasteiger partial charge in [0.05, 0.1) is 13.7 Å². The maximum absolute atomic E-state index is 12.1. The van der Waals surface area contributed by atoms with Gasteiger partial charge in [0.2, 0.25) is 0 Å². The van der Waals surface area contributed by atoms with E-state index in [0.717, 1.165) is 24.5 Å². The van der Waals surface area contributed by atoms with Crippen molar-refractivity contribution in [3.05, 3.63) is 35.5 Å². The first kappa shape index (κ1) is 16.0. The smallest absolute Gasteiger partial charge is 0.356 e. The Kier molecular flexibility index (Phi) is 4.94. The summed E-state index contributed by atoms with van der Waals surface area (Å²) < 4.78 is 11.1. The minimum atomic E-state index is -0.310. The first-order valence-corrected chi connectivity index (χ1v) is 8.62. The Balaban J connectivity index is 1.68. The van der Waals surface area contributed by atoms with E-state index < -0.39 is 0 Å². The molecule has 5 nitrogen and oxygen atoms in total. The third-order valence-electron chi connectivity index (χ3n) is 4.85. The molecule has 0 amide bonds. The van der Waals surface area contributed by atoms with E-state index in [9.17, 15) is 4.79 Å². The fourth-order valence-corrected chi connectivity index (χ4v) is 3.57. The largest absolute Gasteiger partial charge is 0.493 e. The van der Waals surface area contributed by atoms with E-state index in [4.69, 9.17) is 9.47 Å². The van der Waals surface area contributed by atoms with Crippen molar-refractivity contribution in [1.29, 1.82) is 0 Å². The summed E-state index contributed by atoms with van der Waals surface area (Å²) >= 11 is 0. The highest BCUT2D eigenvalue weighted by Crippen LogP contribution is 2.31. The third-order valence-corrected chi connectivity index (χ3v) is 4.85. The Hall–Kier alpha value is -1.91. The van der Waals surface area contributed by atoms with Gasteiger partial charge in [-0.25, -0.2) is 4.79 Å². The summed E-state index contributed by atoms with van der Waals surface area (Å²) in [6, 6.07) is 0. The average molecular weight is 318 g/mol. The lowest BCUT2D eigenvalue weighted by molar-refractivity contribution is -0.137. The van der Waals surface area contributed by atoms with Crippen LogP contribution < -0.4 is 5.32 Å². The van der Waals surface area contributed by atoms with Crippen molar-refractivity contribution in [1.82, 2.24) is 10.2 Å². The molecule has 0 bridgehead atoms. The topological polar surface area (TPSA) is 50.8 Å². The molecule has 1 unspecified atom stereocenters. The lowest BCUT2D eigenvalue weighted by Crippen LogP contribution is -2.39. The summed E-state index contributed by atoms with van der Waals surface area (Å²) in [4.78, 5) is 14.0. The van der Waals surface area contributed by atoms with Crippen molar-refractivity contribution < 1.29 is 14.3 Å². The molecule has 0 spiro atoms. The quantitative estimate of drug-likeness (QED) is 0.790. The Morgan fingerprint density at radius 3 is 2.83 bits per heavy atom. The number of ether oxygens (including phenoxy) is 2. The maximum atomic E-state index is 12.1. The molecule has 0 radical (unpaired) electrons. The highest BCUT2D eigenvalue weighted by Gasteiger charge is 2.38. The third kappa shape index (κ3) is 3.23. The van der Waals surface area contributed by atoms with Crippen LogP contribution in [0, 0.1) is 5.92 Å². The number of hydrogen-bond acceptors (Lipinski definition) is 5. The van der Waals surface area contributed by atoms with E-state index in [1.807, 2.05) is 30.2 Å². The zero-order valence-corrected chi connectivity index (χ0v) is 14.0. The van der Waals surface area contributed by atoms with E-state index in [1.54, 1.807) is 0 Å². The number of methoxy groups -OCH3 is 1. The van der Waals surface area contributed by atoms with Gasteiger partial charge in [-0.1, -0.05) is 26.2 Å². The van der Waals surface area contributed by atoms with Crippen molar-refractivity contribution in [2.24, 2.45) is 5.92 Å². The molecule has 1 saturated carbocycles. The standard InChI is InChI=1S/C18H26N2O3/c1-3-14-16(18(21)22-2)20-11-7-10-15(17(20)19-14)23-12-13-8-5-4-6-9-13/h7,10-11,13,17,19H,3-6,8-9,12H2,1-2H3. The fraction of sp³-hybridized carbons (Fsp3) is 0.611. The number of esters is 1. The number of carbonyl (C=O) groups is 1.